The quantitative estimate of drug-likeness (QED) is 0.0371. The van der Waals surface area contributed by atoms with Crippen LogP contribution in [-0.4, -0.2) is 139 Å². The van der Waals surface area contributed by atoms with Gasteiger partial charge in [0, 0.05) is 41.1 Å². The molecule has 0 bridgehead atoms. The second-order valence-electron chi connectivity index (χ2n) is 30.3. The van der Waals surface area contributed by atoms with Gasteiger partial charge in [0.15, 0.2) is 0 Å². The van der Waals surface area contributed by atoms with Crippen LogP contribution >= 0.6 is 115 Å². The number of halogens is 8. The number of hydrogen-bond donors (Lipinski definition) is 8. The molecule has 4 amide bonds. The van der Waals surface area contributed by atoms with E-state index in [1.54, 1.807) is 131 Å². The van der Waals surface area contributed by atoms with Crippen LogP contribution in [0.25, 0.3) is 0 Å². The predicted octanol–water partition coefficient (Wildman–Crippen LogP) is 14.7. The number of nitrogens with two attached hydrogens (primary N) is 4. The number of aliphatic imine (C=N–C) groups is 4. The number of thiophene rings is 4. The fourth-order valence-electron chi connectivity index (χ4n) is 12.0. The molecule has 0 radical (unpaired) electrons. The molecule has 12 N–H and O–H groups in total. The van der Waals surface area contributed by atoms with Gasteiger partial charge in [-0.05, 0) is 223 Å². The zero-order valence-electron chi connectivity index (χ0n) is 64.0. The molecule has 22 nitrogen and oxygen atoms in total. The van der Waals surface area contributed by atoms with E-state index in [9.17, 15) is 44.8 Å². The lowest BCUT2D eigenvalue weighted by Gasteiger charge is -2.40. The minimum Gasteiger partial charge on any atom is -0.386 e. The van der Waals surface area contributed by atoms with Gasteiger partial charge in [-0.25, -0.2) is 14.4 Å². The maximum absolute atomic E-state index is 13.3. The molecule has 4 unspecified atom stereocenters. The lowest BCUT2D eigenvalue weighted by molar-refractivity contribution is 0.0947. The molecular weight excluding hydrogens is 1740 g/mol. The SMILES string of the molecule is C=S1(=O)C[C@@](C)(c2sc(C(=O)NCc3cccc(F)c3)cc2Cl)N=C(N)C1(C)C.C=S1(=O)C[C@@](C)(c2sc(C(=O)NCc3ccccc3Cl)cc2Cl)N=C(N)C1(C)C.C=S1(=O)C[C@@](C)(c2sc(C(=O)Nc3cccc(Cl)n3)cc2Cl)N=C(N)C1(C)C.C=S1(=O)C[C@@](C)(c2sc(C(=O)Nc3cccc(F)n3)cc2Cl)N=C(N)C1(C)C. The third kappa shape index (κ3) is 19.1. The van der Waals surface area contributed by atoms with Crippen molar-refractivity contribution < 1.29 is 44.8 Å². The third-order valence-electron chi connectivity index (χ3n) is 20.0. The molecule has 0 aliphatic carbocycles. The van der Waals surface area contributed by atoms with Crippen LogP contribution < -0.4 is 44.2 Å². The summed E-state index contributed by atoms with van der Waals surface area (Å²) in [6, 6.07) is 28.6. The van der Waals surface area contributed by atoms with Crippen molar-refractivity contribution in [2.24, 2.45) is 42.9 Å². The van der Waals surface area contributed by atoms with Crippen molar-refractivity contribution in [2.75, 3.05) is 33.6 Å². The van der Waals surface area contributed by atoms with E-state index in [0.717, 1.165) is 16.9 Å². The molecule has 0 fully saturated rings. The van der Waals surface area contributed by atoms with Gasteiger partial charge >= 0.3 is 0 Å². The van der Waals surface area contributed by atoms with Gasteiger partial charge in [0.05, 0.1) is 78.1 Å². The summed E-state index contributed by atoms with van der Waals surface area (Å²) >= 11 is 42.4. The third-order valence-corrected chi connectivity index (χ3v) is 40.1. The molecule has 8 aromatic rings. The number of pyridine rings is 2. The standard InChI is InChI=1S/C20H23Cl2N3O2S2.C20H23ClFN3O2S2.C18H20Cl2N4O2S2.C18H20ClFN4O2S2/c1-19(2)18(23)25-20(3,11-29(19,4)27)16-14(22)9-15(28-16)17(26)24-10-12-7-5-6-8-13(12)21;1-19(2)18(23)25-20(3,11-29(19,4)27)16-14(21)9-15(28-16)17(26)24-10-12-6-5-7-13(22)8-12;2*1-17(2)16(21)24-18(3,9-28(17,4)26)14-10(19)8-11(27-14)15(25)23-13-7-5-6-12(20)22-13/h2*5-9H,4,10-11H2,1-3H3,(H2,23,25)(H,24,26);2*5-8H,4,9H2,1-3H3,(H2,21,24)(H,22,23,25)/t2*20-,29?;2*18-,28?/m0000/s1. The van der Waals surface area contributed by atoms with Crippen LogP contribution in [0, 0.1) is 11.8 Å². The van der Waals surface area contributed by atoms with Crippen molar-refractivity contribution in [2.45, 2.75) is 137 Å². The van der Waals surface area contributed by atoms with Crippen molar-refractivity contribution in [3.05, 3.63) is 201 Å². The number of aromatic nitrogens is 2. The average molecular weight is 1830 g/mol. The Morgan fingerprint density at radius 3 is 1.05 bits per heavy atom. The number of rotatable bonds is 14. The summed E-state index contributed by atoms with van der Waals surface area (Å²) < 4.78 is 75.9. The van der Waals surface area contributed by atoms with Crippen LogP contribution in [0.4, 0.5) is 20.4 Å². The molecular formula is C76H86Cl6F2N14O8S8. The first kappa shape index (κ1) is 90.9. The zero-order valence-corrected chi connectivity index (χ0v) is 75.1. The van der Waals surface area contributed by atoms with E-state index in [2.05, 4.69) is 74.7 Å². The van der Waals surface area contributed by atoms with Crippen molar-refractivity contribution in [1.29, 1.82) is 0 Å². The number of carbonyl (C=O) groups excluding carboxylic acids is 4. The Hall–Kier alpha value is -7.02. The summed E-state index contributed by atoms with van der Waals surface area (Å²) in [5.74, 6) is 15.3. The van der Waals surface area contributed by atoms with Gasteiger partial charge in [0.1, 0.15) is 68.1 Å². The fraction of sp³-hybridized carbons (Fsp3) is 0.342. The Labute approximate surface area is 709 Å². The van der Waals surface area contributed by atoms with E-state index in [1.807, 2.05) is 25.1 Å². The second kappa shape index (κ2) is 33.4. The Morgan fingerprint density at radius 2 is 0.728 bits per heavy atom. The van der Waals surface area contributed by atoms with Gasteiger partial charge in [0.25, 0.3) is 23.6 Å². The Balaban J connectivity index is 0.000000174. The first-order chi connectivity index (χ1) is 52.4. The van der Waals surface area contributed by atoms with Gasteiger partial charge < -0.3 is 44.2 Å². The fourth-order valence-corrected chi connectivity index (χ4v) is 26.5. The molecule has 0 saturated heterocycles. The highest BCUT2D eigenvalue weighted by Crippen LogP contribution is 2.48. The first-order valence-corrected chi connectivity index (χ1v) is 47.5. The summed E-state index contributed by atoms with van der Waals surface area (Å²) in [5, 5.41) is 13.1. The summed E-state index contributed by atoms with van der Waals surface area (Å²) in [7, 11) is -10.3. The number of nitrogens with zero attached hydrogens (tertiary/aromatic N) is 6. The van der Waals surface area contributed by atoms with Crippen LogP contribution in [0.15, 0.2) is 129 Å². The largest absolute Gasteiger partial charge is 0.386 e. The summed E-state index contributed by atoms with van der Waals surface area (Å²) in [5.41, 5.74) is 22.3. The van der Waals surface area contributed by atoms with E-state index in [0.29, 0.717) is 82.1 Å². The lowest BCUT2D eigenvalue weighted by atomic mass is 10.0. The molecule has 4 aliphatic rings. The maximum Gasteiger partial charge on any atom is 0.266 e. The van der Waals surface area contributed by atoms with Gasteiger partial charge in [-0.2, -0.15) is 4.39 Å². The zero-order chi connectivity index (χ0) is 85.0. The van der Waals surface area contributed by atoms with Crippen LogP contribution in [-0.2, 0) is 73.3 Å². The highest BCUT2D eigenvalue weighted by Gasteiger charge is 2.51. The molecule has 10 heterocycles. The topological polar surface area (TPSA) is 364 Å². The van der Waals surface area contributed by atoms with E-state index in [-0.39, 0.29) is 87.4 Å². The number of amides is 4. The second-order valence-corrected chi connectivity index (χ2v) is 48.7. The summed E-state index contributed by atoms with van der Waals surface area (Å²) in [6.07, 6.45) is 0. The van der Waals surface area contributed by atoms with Crippen molar-refractivity contribution in [3.63, 3.8) is 0 Å². The smallest absolute Gasteiger partial charge is 0.266 e. The first-order valence-electron chi connectivity index (χ1n) is 34.4. The highest BCUT2D eigenvalue weighted by atomic mass is 35.5. The number of hydrogen-bond acceptors (Lipinski definition) is 22. The van der Waals surface area contributed by atoms with E-state index in [1.165, 1.54) is 70.4 Å². The van der Waals surface area contributed by atoms with Crippen LogP contribution in [0.5, 0.6) is 0 Å². The number of benzene rings is 2. The minimum atomic E-state index is -2.61. The van der Waals surface area contributed by atoms with Gasteiger partial charge in [0.2, 0.25) is 5.95 Å². The summed E-state index contributed by atoms with van der Waals surface area (Å²) in [4.78, 5) is 80.3. The van der Waals surface area contributed by atoms with E-state index in [4.69, 9.17) is 92.5 Å². The molecule has 12 rings (SSSR count). The Bertz CT molecular complexity index is 5630. The molecule has 0 saturated carbocycles. The molecule has 2 aromatic carbocycles. The van der Waals surface area contributed by atoms with Crippen molar-refractivity contribution >= 4 is 235 Å². The predicted molar refractivity (Wildman–Crippen MR) is 480 cm³/mol. The van der Waals surface area contributed by atoms with Gasteiger partial charge in [-0.15, -0.1) is 45.3 Å². The highest BCUT2D eigenvalue weighted by molar-refractivity contribution is 8.03. The minimum absolute atomic E-state index is 0.0877. The van der Waals surface area contributed by atoms with Gasteiger partial charge in [-0.1, -0.05) is 112 Å². The average Bonchev–Trinajstić information content (AvgIpc) is 0.877. The number of amidine groups is 4. The summed E-state index contributed by atoms with van der Waals surface area (Å²) in [6.45, 7) is 21.8. The van der Waals surface area contributed by atoms with Gasteiger partial charge in [-0.3, -0.25) is 56.0 Å². The Morgan fingerprint density at radius 1 is 0.412 bits per heavy atom. The molecule has 612 valence electrons. The monoisotopic (exact) mass is 1830 g/mol. The lowest BCUT2D eigenvalue weighted by Crippen LogP contribution is -2.54. The Kier molecular flexibility index (Phi) is 26.6. The normalized spacial score (nSPS) is 26.3. The molecule has 38 heteroatoms. The van der Waals surface area contributed by atoms with Crippen LogP contribution in [0.3, 0.4) is 0 Å². The molecule has 114 heavy (non-hydrogen) atoms. The molecule has 6 aromatic heterocycles. The number of nitrogens with one attached hydrogen (secondary N) is 4. The number of anilines is 2. The molecule has 8 atom stereocenters. The van der Waals surface area contributed by atoms with E-state index < -0.39 is 91.1 Å². The van der Waals surface area contributed by atoms with E-state index >= 15 is 0 Å². The maximum atomic E-state index is 13.3. The van der Waals surface area contributed by atoms with Crippen LogP contribution in [0.1, 0.15) is 152 Å². The van der Waals surface area contributed by atoms with Crippen LogP contribution in [0.2, 0.25) is 30.3 Å². The van der Waals surface area contributed by atoms with Crippen molar-refractivity contribution in [3.8, 4) is 0 Å². The van der Waals surface area contributed by atoms with Crippen molar-refractivity contribution in [1.82, 2.24) is 20.6 Å². The molecule has 0 spiro atoms. The number of carbonyl (C=O) groups is 4. The molecule has 4 aliphatic heterocycles.